The van der Waals surface area contributed by atoms with E-state index in [1.165, 1.54) is 0 Å². The number of carbonyl (C=O) groups is 1. The Balaban J connectivity index is 0. The molecule has 14 heavy (non-hydrogen) atoms. The van der Waals surface area contributed by atoms with Crippen LogP contribution >= 0.6 is 0 Å². The molecule has 0 radical (unpaired) electrons. The molecule has 4 heteroatoms. The van der Waals surface area contributed by atoms with Crippen LogP contribution in [0.25, 0.3) is 0 Å². The molecule has 3 N–H and O–H groups in total. The lowest BCUT2D eigenvalue weighted by molar-refractivity contribution is -0.132. The van der Waals surface area contributed by atoms with Crippen molar-refractivity contribution >= 4 is 5.97 Å². The van der Waals surface area contributed by atoms with Crippen molar-refractivity contribution in [1.29, 1.82) is 0 Å². The minimum atomic E-state index is -0.944. The number of aliphatic hydroxyl groups is 2. The van der Waals surface area contributed by atoms with E-state index in [2.05, 4.69) is 0 Å². The molecule has 0 fully saturated rings. The highest BCUT2D eigenvalue weighted by molar-refractivity contribution is 5.85. The van der Waals surface area contributed by atoms with E-state index in [1.807, 2.05) is 0 Å². The van der Waals surface area contributed by atoms with E-state index in [0.717, 1.165) is 0 Å². The Labute approximate surface area is 84.9 Å². The molecule has 1 unspecified atom stereocenters. The van der Waals surface area contributed by atoms with Crippen LogP contribution in [0.15, 0.2) is 11.6 Å². The summed E-state index contributed by atoms with van der Waals surface area (Å²) in [6.45, 7) is 7.95. The zero-order valence-corrected chi connectivity index (χ0v) is 9.40. The van der Waals surface area contributed by atoms with E-state index in [-0.39, 0.29) is 0 Å². The molecule has 84 valence electrons. The van der Waals surface area contributed by atoms with Crippen molar-refractivity contribution in [3.05, 3.63) is 11.6 Å². The molecule has 0 aromatic carbocycles. The summed E-state index contributed by atoms with van der Waals surface area (Å²) in [5, 5.41) is 25.6. The van der Waals surface area contributed by atoms with E-state index >= 15 is 0 Å². The van der Waals surface area contributed by atoms with E-state index in [0.29, 0.717) is 5.57 Å². The lowest BCUT2D eigenvalue weighted by Gasteiger charge is -2.19. The van der Waals surface area contributed by atoms with Crippen molar-refractivity contribution in [3.63, 3.8) is 0 Å². The van der Waals surface area contributed by atoms with E-state index in [4.69, 9.17) is 15.3 Å². The molecule has 0 saturated carbocycles. The Hall–Kier alpha value is -0.870. The van der Waals surface area contributed by atoms with Gasteiger partial charge in [0.25, 0.3) is 0 Å². The highest BCUT2D eigenvalue weighted by atomic mass is 16.4. The molecule has 0 bridgehead atoms. The first-order valence-electron chi connectivity index (χ1n) is 4.39. The Bertz CT molecular complexity index is 199. The smallest absolute Gasteiger partial charge is 0.330 e. The Morgan fingerprint density at radius 1 is 1.43 bits per heavy atom. The number of hydrogen-bond acceptors (Lipinski definition) is 3. The zero-order valence-electron chi connectivity index (χ0n) is 9.40. The number of hydrogen-bond donors (Lipinski definition) is 3. The minimum absolute atomic E-state index is 0.389. The van der Waals surface area contributed by atoms with Crippen molar-refractivity contribution in [2.45, 2.75) is 46.3 Å². The number of carboxylic acid groups (broad SMARTS) is 1. The number of aliphatic hydroxyl groups excluding tert-OH is 1. The molecular formula is C10H20O4. The van der Waals surface area contributed by atoms with Gasteiger partial charge in [0, 0.05) is 5.57 Å². The van der Waals surface area contributed by atoms with Crippen LogP contribution in [0.2, 0.25) is 0 Å². The van der Waals surface area contributed by atoms with Crippen LogP contribution in [-0.2, 0) is 4.79 Å². The topological polar surface area (TPSA) is 77.8 Å². The molecule has 0 rings (SSSR count). The van der Waals surface area contributed by atoms with E-state index < -0.39 is 17.7 Å². The summed E-state index contributed by atoms with van der Waals surface area (Å²) in [5.41, 5.74) is -0.556. The highest BCUT2D eigenvalue weighted by Gasteiger charge is 2.18. The molecule has 1 atom stereocenters. The fraction of sp³-hybridized carbons (Fsp3) is 0.700. The first kappa shape index (κ1) is 15.6. The first-order valence-corrected chi connectivity index (χ1v) is 4.39. The molecule has 0 aliphatic rings. The molecule has 0 aliphatic heterocycles. The SMILES string of the molecule is CC(O)C(C)(C)O.CC=C(C)C(=O)O. The van der Waals surface area contributed by atoms with Crippen molar-refractivity contribution in [3.8, 4) is 0 Å². The Morgan fingerprint density at radius 2 is 1.71 bits per heavy atom. The maximum atomic E-state index is 9.86. The lowest BCUT2D eigenvalue weighted by atomic mass is 10.0. The van der Waals surface area contributed by atoms with Crippen molar-refractivity contribution < 1.29 is 20.1 Å². The quantitative estimate of drug-likeness (QED) is 0.590. The minimum Gasteiger partial charge on any atom is -0.478 e. The van der Waals surface area contributed by atoms with Gasteiger partial charge in [0.2, 0.25) is 0 Å². The van der Waals surface area contributed by atoms with Crippen molar-refractivity contribution in [2.75, 3.05) is 0 Å². The van der Waals surface area contributed by atoms with Gasteiger partial charge in [-0.3, -0.25) is 0 Å². The van der Waals surface area contributed by atoms with Crippen LogP contribution in [0.4, 0.5) is 0 Å². The molecule has 4 nitrogen and oxygen atoms in total. The number of rotatable bonds is 2. The molecule has 0 saturated heterocycles. The second-order valence-electron chi connectivity index (χ2n) is 3.61. The Morgan fingerprint density at radius 3 is 1.71 bits per heavy atom. The van der Waals surface area contributed by atoms with Crippen LogP contribution in [-0.4, -0.2) is 33.0 Å². The average Bonchev–Trinajstić information content (AvgIpc) is 2.02. The fourth-order valence-corrected chi connectivity index (χ4v) is 0.123. The van der Waals surface area contributed by atoms with Crippen LogP contribution < -0.4 is 0 Å². The molecule has 0 aromatic rings. The first-order chi connectivity index (χ1) is 6.12. The number of carboxylic acids is 1. The van der Waals surface area contributed by atoms with Crippen LogP contribution in [0, 0.1) is 0 Å². The molecule has 0 heterocycles. The highest BCUT2D eigenvalue weighted by Crippen LogP contribution is 2.05. The molecule has 0 aromatic heterocycles. The second-order valence-corrected chi connectivity index (χ2v) is 3.61. The van der Waals surface area contributed by atoms with Gasteiger partial charge in [0.05, 0.1) is 11.7 Å². The van der Waals surface area contributed by atoms with Gasteiger partial charge in [-0.15, -0.1) is 0 Å². The standard InChI is InChI=1S/C5H12O2.C5H8O2/c1-4(6)5(2,3)7;1-3-4(2)5(6)7/h4,6-7H,1-3H3;3H,1-2H3,(H,6,7). The van der Waals surface area contributed by atoms with Crippen LogP contribution in [0.1, 0.15) is 34.6 Å². The lowest BCUT2D eigenvalue weighted by Crippen LogP contribution is -2.32. The maximum Gasteiger partial charge on any atom is 0.330 e. The van der Waals surface area contributed by atoms with Gasteiger partial charge in [-0.05, 0) is 34.6 Å². The van der Waals surface area contributed by atoms with Crippen molar-refractivity contribution in [2.24, 2.45) is 0 Å². The summed E-state index contributed by atoms with van der Waals surface area (Å²) in [6, 6.07) is 0. The number of aliphatic carboxylic acids is 1. The van der Waals surface area contributed by atoms with E-state index in [1.54, 1.807) is 40.7 Å². The van der Waals surface area contributed by atoms with Gasteiger partial charge in [-0.1, -0.05) is 6.08 Å². The van der Waals surface area contributed by atoms with Crippen LogP contribution in [0.3, 0.4) is 0 Å². The van der Waals surface area contributed by atoms with Gasteiger partial charge >= 0.3 is 5.97 Å². The zero-order chi connectivity index (χ0) is 11.9. The summed E-state index contributed by atoms with van der Waals surface area (Å²) in [4.78, 5) is 9.86. The molecule has 0 aliphatic carbocycles. The van der Waals surface area contributed by atoms with Crippen molar-refractivity contribution in [1.82, 2.24) is 0 Å². The van der Waals surface area contributed by atoms with E-state index in [9.17, 15) is 4.79 Å². The average molecular weight is 204 g/mol. The van der Waals surface area contributed by atoms with Gasteiger partial charge in [0.1, 0.15) is 0 Å². The Kier molecular flexibility index (Phi) is 7.31. The third kappa shape index (κ3) is 9.22. The fourth-order valence-electron chi connectivity index (χ4n) is 0.123. The summed E-state index contributed by atoms with van der Waals surface area (Å²) in [7, 11) is 0. The third-order valence-corrected chi connectivity index (χ3v) is 1.79. The van der Waals surface area contributed by atoms with Gasteiger partial charge in [-0.25, -0.2) is 4.79 Å². The number of allylic oxidation sites excluding steroid dienone is 1. The largest absolute Gasteiger partial charge is 0.478 e. The third-order valence-electron chi connectivity index (χ3n) is 1.79. The van der Waals surface area contributed by atoms with Gasteiger partial charge in [0.15, 0.2) is 0 Å². The second kappa shape index (κ2) is 6.56. The predicted molar refractivity (Wildman–Crippen MR) is 55.0 cm³/mol. The summed E-state index contributed by atoms with van der Waals surface area (Å²) in [5.74, 6) is -0.845. The summed E-state index contributed by atoms with van der Waals surface area (Å²) >= 11 is 0. The maximum absolute atomic E-state index is 9.86. The van der Waals surface area contributed by atoms with Gasteiger partial charge in [-0.2, -0.15) is 0 Å². The molecule has 0 amide bonds. The molecular weight excluding hydrogens is 184 g/mol. The summed E-state index contributed by atoms with van der Waals surface area (Å²) in [6.07, 6.45) is 0.912. The summed E-state index contributed by atoms with van der Waals surface area (Å²) < 4.78 is 0. The normalized spacial score (nSPS) is 14.1. The molecule has 0 spiro atoms. The van der Waals surface area contributed by atoms with Gasteiger partial charge < -0.3 is 15.3 Å². The van der Waals surface area contributed by atoms with Crippen LogP contribution in [0.5, 0.6) is 0 Å². The predicted octanol–water partition coefficient (Wildman–Crippen LogP) is 1.18. The monoisotopic (exact) mass is 204 g/mol.